The zero-order chi connectivity index (χ0) is 17.6. The highest BCUT2D eigenvalue weighted by Crippen LogP contribution is 2.20. The van der Waals surface area contributed by atoms with Gasteiger partial charge in [0, 0.05) is 18.7 Å². The Morgan fingerprint density at radius 2 is 1.75 bits per heavy atom. The summed E-state index contributed by atoms with van der Waals surface area (Å²) in [7, 11) is -3.73. The minimum absolute atomic E-state index is 0.00206. The Labute approximate surface area is 147 Å². The summed E-state index contributed by atoms with van der Waals surface area (Å²) < 4.78 is 26.7. The number of carbonyl (C=O) groups excluding carboxylic acids is 1. The molecule has 1 amide bonds. The van der Waals surface area contributed by atoms with Crippen molar-refractivity contribution in [2.24, 2.45) is 0 Å². The molecule has 0 heterocycles. The predicted molar refractivity (Wildman–Crippen MR) is 95.7 cm³/mol. The van der Waals surface area contributed by atoms with Gasteiger partial charge in [-0.25, -0.2) is 13.1 Å². The van der Waals surface area contributed by atoms with Crippen molar-refractivity contribution in [2.45, 2.75) is 24.7 Å². The van der Waals surface area contributed by atoms with Crippen molar-refractivity contribution in [1.29, 1.82) is 0 Å². The van der Waals surface area contributed by atoms with Gasteiger partial charge in [0.1, 0.15) is 4.90 Å². The number of anilines is 1. The highest BCUT2D eigenvalue weighted by atomic mass is 35.5. The molecule has 0 aliphatic rings. The Kier molecular flexibility index (Phi) is 6.36. The van der Waals surface area contributed by atoms with Crippen molar-refractivity contribution in [3.05, 3.63) is 59.1 Å². The van der Waals surface area contributed by atoms with Crippen molar-refractivity contribution >= 4 is 33.2 Å². The van der Waals surface area contributed by atoms with E-state index in [0.717, 1.165) is 6.42 Å². The summed E-state index contributed by atoms with van der Waals surface area (Å²) in [5.74, 6) is -0.263. The van der Waals surface area contributed by atoms with Gasteiger partial charge in [-0.3, -0.25) is 4.79 Å². The van der Waals surface area contributed by atoms with E-state index in [-0.39, 0.29) is 28.8 Å². The van der Waals surface area contributed by atoms with Crippen LogP contribution in [0.1, 0.15) is 18.9 Å². The molecular weight excluding hydrogens is 348 g/mol. The summed E-state index contributed by atoms with van der Waals surface area (Å²) in [6, 6.07) is 13.7. The van der Waals surface area contributed by atoms with E-state index in [4.69, 9.17) is 11.6 Å². The molecule has 0 unspecified atom stereocenters. The zero-order valence-corrected chi connectivity index (χ0v) is 14.8. The lowest BCUT2D eigenvalue weighted by Gasteiger charge is -2.09. The lowest BCUT2D eigenvalue weighted by molar-refractivity contribution is -0.116. The summed E-state index contributed by atoms with van der Waals surface area (Å²) in [4.78, 5) is 11.9. The summed E-state index contributed by atoms with van der Waals surface area (Å²) in [5, 5.41) is 2.87. The first-order chi connectivity index (χ1) is 11.4. The molecule has 2 aromatic carbocycles. The van der Waals surface area contributed by atoms with Gasteiger partial charge in [0.15, 0.2) is 0 Å². The fourth-order valence-corrected chi connectivity index (χ4v) is 3.64. The molecule has 0 spiro atoms. The van der Waals surface area contributed by atoms with Crippen LogP contribution < -0.4 is 10.0 Å². The number of amides is 1. The van der Waals surface area contributed by atoms with Gasteiger partial charge >= 0.3 is 0 Å². The fraction of sp³-hybridized carbons (Fsp3) is 0.235. The molecule has 0 saturated carbocycles. The molecular formula is C17H19ClN2O3S. The Hall–Kier alpha value is -1.89. The predicted octanol–water partition coefficient (Wildman–Crippen LogP) is 3.21. The molecule has 0 fully saturated rings. The molecule has 0 aromatic heterocycles. The average molecular weight is 367 g/mol. The third kappa shape index (κ3) is 5.06. The lowest BCUT2D eigenvalue weighted by Crippen LogP contribution is -2.28. The van der Waals surface area contributed by atoms with Gasteiger partial charge in [0.25, 0.3) is 0 Å². The van der Waals surface area contributed by atoms with E-state index in [1.807, 2.05) is 24.3 Å². The van der Waals surface area contributed by atoms with Crippen LogP contribution in [0.2, 0.25) is 5.02 Å². The van der Waals surface area contributed by atoms with Crippen LogP contribution in [0.15, 0.2) is 53.4 Å². The van der Waals surface area contributed by atoms with Crippen molar-refractivity contribution < 1.29 is 13.2 Å². The zero-order valence-electron chi connectivity index (χ0n) is 13.3. The maximum absolute atomic E-state index is 12.1. The summed E-state index contributed by atoms with van der Waals surface area (Å²) in [5.41, 5.74) is 1.87. The van der Waals surface area contributed by atoms with Crippen molar-refractivity contribution in [1.82, 2.24) is 4.72 Å². The standard InChI is InChI=1S/C17H19ClN2O3S/c1-2-13-7-9-14(10-8-13)20-17(21)11-12-19-24(22,23)16-6-4-3-5-15(16)18/h3-10,19H,2,11-12H2,1H3,(H,20,21). The smallest absolute Gasteiger partial charge is 0.242 e. The number of sulfonamides is 1. The number of carbonyl (C=O) groups is 1. The molecule has 0 aliphatic carbocycles. The number of nitrogens with one attached hydrogen (secondary N) is 2. The van der Waals surface area contributed by atoms with Gasteiger partial charge in [-0.05, 0) is 36.2 Å². The first-order valence-electron chi connectivity index (χ1n) is 7.55. The summed E-state index contributed by atoms with van der Waals surface area (Å²) in [6.45, 7) is 2.05. The number of aryl methyl sites for hydroxylation is 1. The van der Waals surface area contributed by atoms with E-state index < -0.39 is 10.0 Å². The molecule has 0 radical (unpaired) electrons. The van der Waals surface area contributed by atoms with E-state index in [2.05, 4.69) is 17.0 Å². The highest BCUT2D eigenvalue weighted by Gasteiger charge is 2.17. The first kappa shape index (κ1) is 18.4. The van der Waals surface area contributed by atoms with Crippen molar-refractivity contribution in [3.8, 4) is 0 Å². The van der Waals surface area contributed by atoms with Gasteiger partial charge in [-0.2, -0.15) is 0 Å². The molecule has 128 valence electrons. The Morgan fingerprint density at radius 3 is 2.38 bits per heavy atom. The SMILES string of the molecule is CCc1ccc(NC(=O)CCNS(=O)(=O)c2ccccc2Cl)cc1. The third-order valence-electron chi connectivity index (χ3n) is 3.42. The minimum Gasteiger partial charge on any atom is -0.326 e. The molecule has 5 nitrogen and oxygen atoms in total. The first-order valence-corrected chi connectivity index (χ1v) is 9.41. The van der Waals surface area contributed by atoms with E-state index in [0.29, 0.717) is 5.69 Å². The molecule has 0 aliphatic heterocycles. The normalized spacial score (nSPS) is 11.2. The molecule has 24 heavy (non-hydrogen) atoms. The molecule has 7 heteroatoms. The fourth-order valence-electron chi connectivity index (χ4n) is 2.09. The second kappa shape index (κ2) is 8.28. The number of rotatable bonds is 7. The van der Waals surface area contributed by atoms with Gasteiger partial charge in [0.05, 0.1) is 5.02 Å². The summed E-state index contributed by atoms with van der Waals surface area (Å²) in [6.07, 6.45) is 0.956. The van der Waals surface area contributed by atoms with Gasteiger partial charge in [-0.1, -0.05) is 42.8 Å². The maximum Gasteiger partial charge on any atom is 0.242 e. The van der Waals surface area contributed by atoms with E-state index >= 15 is 0 Å². The van der Waals surface area contributed by atoms with Crippen LogP contribution in [0, 0.1) is 0 Å². The Bertz CT molecular complexity index is 805. The van der Waals surface area contributed by atoms with Crippen LogP contribution >= 0.6 is 11.6 Å². The molecule has 2 N–H and O–H groups in total. The molecule has 2 aromatic rings. The maximum atomic E-state index is 12.1. The number of hydrogen-bond acceptors (Lipinski definition) is 3. The van der Waals surface area contributed by atoms with Crippen LogP contribution in [-0.2, 0) is 21.2 Å². The minimum atomic E-state index is -3.73. The van der Waals surface area contributed by atoms with Gasteiger partial charge in [0.2, 0.25) is 15.9 Å². The lowest BCUT2D eigenvalue weighted by atomic mass is 10.1. The van der Waals surface area contributed by atoms with Gasteiger partial charge in [-0.15, -0.1) is 0 Å². The van der Waals surface area contributed by atoms with Crippen LogP contribution in [0.4, 0.5) is 5.69 Å². The molecule has 0 saturated heterocycles. The summed E-state index contributed by atoms with van der Waals surface area (Å²) >= 11 is 5.88. The second-order valence-electron chi connectivity index (χ2n) is 5.18. The topological polar surface area (TPSA) is 75.3 Å². The van der Waals surface area contributed by atoms with E-state index in [1.54, 1.807) is 12.1 Å². The quantitative estimate of drug-likeness (QED) is 0.790. The number of benzene rings is 2. The molecule has 0 bridgehead atoms. The Morgan fingerprint density at radius 1 is 1.08 bits per heavy atom. The second-order valence-corrected chi connectivity index (χ2v) is 7.32. The van der Waals surface area contributed by atoms with E-state index in [9.17, 15) is 13.2 Å². The van der Waals surface area contributed by atoms with E-state index in [1.165, 1.54) is 17.7 Å². The number of hydrogen-bond donors (Lipinski definition) is 2. The highest BCUT2D eigenvalue weighted by molar-refractivity contribution is 7.89. The van der Waals surface area contributed by atoms with Crippen molar-refractivity contribution in [3.63, 3.8) is 0 Å². The third-order valence-corrected chi connectivity index (χ3v) is 5.38. The van der Waals surface area contributed by atoms with Crippen LogP contribution in [0.25, 0.3) is 0 Å². The monoisotopic (exact) mass is 366 g/mol. The van der Waals surface area contributed by atoms with Crippen LogP contribution in [0.3, 0.4) is 0 Å². The van der Waals surface area contributed by atoms with Crippen LogP contribution in [-0.4, -0.2) is 20.9 Å². The average Bonchev–Trinajstić information content (AvgIpc) is 2.55. The number of halogens is 1. The molecule has 2 rings (SSSR count). The largest absolute Gasteiger partial charge is 0.326 e. The molecule has 0 atom stereocenters. The van der Waals surface area contributed by atoms with Crippen molar-refractivity contribution in [2.75, 3.05) is 11.9 Å². The van der Waals surface area contributed by atoms with Crippen LogP contribution in [0.5, 0.6) is 0 Å². The Balaban J connectivity index is 1.86. The van der Waals surface area contributed by atoms with Gasteiger partial charge < -0.3 is 5.32 Å².